The Morgan fingerprint density at radius 3 is 2.74 bits per heavy atom. The number of imidazole rings is 1. The lowest BCUT2D eigenvalue weighted by molar-refractivity contribution is -0.126. The van der Waals surface area contributed by atoms with Gasteiger partial charge in [-0.1, -0.05) is 18.2 Å². The predicted molar refractivity (Wildman–Crippen MR) is 131 cm³/mol. The minimum absolute atomic E-state index is 0.0308. The number of likely N-dealkylation sites (tertiary alicyclic amines) is 1. The van der Waals surface area contributed by atoms with Crippen LogP contribution in [0.4, 0.5) is 0 Å². The molecule has 0 aliphatic carbocycles. The quantitative estimate of drug-likeness (QED) is 0.448. The molecule has 1 saturated heterocycles. The van der Waals surface area contributed by atoms with Gasteiger partial charge in [-0.2, -0.15) is 0 Å². The molecular formula is C27H27N5O3. The van der Waals surface area contributed by atoms with E-state index in [0.29, 0.717) is 50.4 Å². The highest BCUT2D eigenvalue weighted by atomic mass is 16.5. The van der Waals surface area contributed by atoms with Gasteiger partial charge in [0.1, 0.15) is 18.0 Å². The maximum Gasteiger partial charge on any atom is 0.253 e. The van der Waals surface area contributed by atoms with Gasteiger partial charge >= 0.3 is 0 Å². The van der Waals surface area contributed by atoms with Gasteiger partial charge in [0.2, 0.25) is 5.91 Å². The van der Waals surface area contributed by atoms with Crippen molar-refractivity contribution in [3.05, 3.63) is 96.2 Å². The zero-order chi connectivity index (χ0) is 24.0. The topological polar surface area (TPSA) is 88.8 Å². The number of rotatable bonds is 7. The van der Waals surface area contributed by atoms with Crippen molar-refractivity contribution in [2.75, 3.05) is 13.1 Å². The third kappa shape index (κ3) is 5.48. The molecule has 0 radical (unpaired) electrons. The van der Waals surface area contributed by atoms with E-state index in [4.69, 9.17) is 4.74 Å². The van der Waals surface area contributed by atoms with E-state index < -0.39 is 0 Å². The third-order valence-corrected chi connectivity index (χ3v) is 6.22. The van der Waals surface area contributed by atoms with Crippen molar-refractivity contribution in [3.63, 3.8) is 0 Å². The molecule has 8 nitrogen and oxygen atoms in total. The smallest absolute Gasteiger partial charge is 0.253 e. The first kappa shape index (κ1) is 22.6. The molecule has 0 spiro atoms. The van der Waals surface area contributed by atoms with Gasteiger partial charge in [0.25, 0.3) is 5.91 Å². The highest BCUT2D eigenvalue weighted by Gasteiger charge is 2.27. The van der Waals surface area contributed by atoms with Crippen molar-refractivity contribution in [3.8, 4) is 5.75 Å². The van der Waals surface area contributed by atoms with E-state index in [9.17, 15) is 9.59 Å². The Hall–Kier alpha value is -4.20. The Morgan fingerprint density at radius 1 is 1.06 bits per heavy atom. The van der Waals surface area contributed by atoms with Crippen LogP contribution in [0.2, 0.25) is 0 Å². The van der Waals surface area contributed by atoms with Crippen LogP contribution >= 0.6 is 0 Å². The molecule has 1 N–H and O–H groups in total. The number of nitrogens with one attached hydrogen (secondary N) is 1. The summed E-state index contributed by atoms with van der Waals surface area (Å²) in [5.74, 6) is 0.522. The second-order valence-corrected chi connectivity index (χ2v) is 8.66. The highest BCUT2D eigenvalue weighted by molar-refractivity contribution is 5.94. The highest BCUT2D eigenvalue weighted by Crippen LogP contribution is 2.22. The summed E-state index contributed by atoms with van der Waals surface area (Å²) in [7, 11) is 0. The van der Waals surface area contributed by atoms with Gasteiger partial charge < -0.3 is 19.4 Å². The Bertz CT molecular complexity index is 1280. The van der Waals surface area contributed by atoms with Gasteiger partial charge in [-0.25, -0.2) is 4.98 Å². The van der Waals surface area contributed by atoms with E-state index in [1.165, 1.54) is 0 Å². The first-order valence-electron chi connectivity index (χ1n) is 11.8. The Balaban J connectivity index is 1.13. The lowest BCUT2D eigenvalue weighted by Crippen LogP contribution is -2.42. The lowest BCUT2D eigenvalue weighted by atomic mass is 9.95. The predicted octanol–water partition coefficient (Wildman–Crippen LogP) is 3.48. The number of benzene rings is 1. The second-order valence-electron chi connectivity index (χ2n) is 8.66. The number of nitrogens with zero attached hydrogens (tertiary/aromatic N) is 4. The number of hydrogen-bond acceptors (Lipinski definition) is 5. The number of amides is 2. The summed E-state index contributed by atoms with van der Waals surface area (Å²) < 4.78 is 7.85. The molecule has 1 aliphatic rings. The van der Waals surface area contributed by atoms with E-state index in [0.717, 1.165) is 16.9 Å². The second kappa shape index (κ2) is 10.4. The number of hydrogen-bond donors (Lipinski definition) is 1. The molecule has 0 unspecified atom stereocenters. The van der Waals surface area contributed by atoms with Crippen LogP contribution in [-0.2, 0) is 17.9 Å². The van der Waals surface area contributed by atoms with Crippen LogP contribution in [0.3, 0.4) is 0 Å². The molecule has 3 aromatic heterocycles. The standard InChI is InChI=1S/C27H27N5O3/c33-26(29-17-20-5-4-11-28-16-20)21-9-13-31(14-10-21)27(34)22-6-3-7-24(15-22)35-19-23-18-32-12-2-1-8-25(32)30-23/h1-8,11-12,15-16,18,21H,9-10,13-14,17,19H2,(H,29,33). The molecule has 0 saturated carbocycles. The number of fused-ring (bicyclic) bond motifs is 1. The van der Waals surface area contributed by atoms with Crippen molar-refractivity contribution in [1.29, 1.82) is 0 Å². The van der Waals surface area contributed by atoms with Crippen LogP contribution in [0.15, 0.2) is 79.4 Å². The summed E-state index contributed by atoms with van der Waals surface area (Å²) in [5, 5.41) is 2.98. The van der Waals surface area contributed by atoms with Gasteiger partial charge in [-0.15, -0.1) is 0 Å². The van der Waals surface area contributed by atoms with Crippen LogP contribution in [0.1, 0.15) is 34.5 Å². The normalized spacial score (nSPS) is 14.1. The minimum atomic E-state index is -0.0872. The molecule has 1 aliphatic heterocycles. The van der Waals surface area contributed by atoms with Crippen molar-refractivity contribution in [2.24, 2.45) is 5.92 Å². The van der Waals surface area contributed by atoms with Gasteiger partial charge in [-0.3, -0.25) is 14.6 Å². The van der Waals surface area contributed by atoms with Gasteiger partial charge in [0, 0.05) is 55.9 Å². The first-order chi connectivity index (χ1) is 17.2. The average Bonchev–Trinajstić information content (AvgIpc) is 3.34. The molecule has 1 aromatic carbocycles. The molecule has 4 heterocycles. The summed E-state index contributed by atoms with van der Waals surface area (Å²) in [6.45, 7) is 1.89. The fourth-order valence-electron chi connectivity index (χ4n) is 4.30. The summed E-state index contributed by atoms with van der Waals surface area (Å²) in [5.41, 5.74) is 3.23. The average molecular weight is 470 g/mol. The molecule has 5 rings (SSSR count). The van der Waals surface area contributed by atoms with E-state index in [-0.39, 0.29) is 17.7 Å². The fourth-order valence-corrected chi connectivity index (χ4v) is 4.30. The summed E-state index contributed by atoms with van der Waals surface area (Å²) in [6, 6.07) is 16.9. The number of pyridine rings is 2. The summed E-state index contributed by atoms with van der Waals surface area (Å²) in [6.07, 6.45) is 8.63. The summed E-state index contributed by atoms with van der Waals surface area (Å²) in [4.78, 5) is 36.0. The Morgan fingerprint density at radius 2 is 1.94 bits per heavy atom. The first-order valence-corrected chi connectivity index (χ1v) is 11.8. The zero-order valence-corrected chi connectivity index (χ0v) is 19.3. The van der Waals surface area contributed by atoms with Gasteiger partial charge in [-0.05, 0) is 54.8 Å². The van der Waals surface area contributed by atoms with Gasteiger partial charge in [0.15, 0.2) is 0 Å². The molecular weight excluding hydrogens is 442 g/mol. The monoisotopic (exact) mass is 469 g/mol. The Labute approximate surface area is 203 Å². The lowest BCUT2D eigenvalue weighted by Gasteiger charge is -2.31. The molecule has 0 atom stereocenters. The third-order valence-electron chi connectivity index (χ3n) is 6.22. The van der Waals surface area contributed by atoms with E-state index in [1.54, 1.807) is 24.5 Å². The molecule has 8 heteroatoms. The molecule has 2 amide bonds. The van der Waals surface area contributed by atoms with E-state index in [1.807, 2.05) is 64.2 Å². The van der Waals surface area contributed by atoms with Crippen LogP contribution in [-0.4, -0.2) is 44.2 Å². The number of carbonyl (C=O) groups excluding carboxylic acids is 2. The zero-order valence-electron chi connectivity index (χ0n) is 19.3. The van der Waals surface area contributed by atoms with E-state index in [2.05, 4.69) is 15.3 Å². The number of piperidine rings is 1. The van der Waals surface area contributed by atoms with Crippen LogP contribution < -0.4 is 10.1 Å². The van der Waals surface area contributed by atoms with E-state index >= 15 is 0 Å². The number of carbonyl (C=O) groups is 2. The maximum atomic E-state index is 13.1. The largest absolute Gasteiger partial charge is 0.487 e. The molecule has 1 fully saturated rings. The SMILES string of the molecule is O=C(NCc1cccnc1)C1CCN(C(=O)c2cccc(OCc3cn4ccccc4n3)c2)CC1. The molecule has 4 aromatic rings. The van der Waals surface area contributed by atoms with Crippen LogP contribution in [0, 0.1) is 5.92 Å². The van der Waals surface area contributed by atoms with Crippen LogP contribution in [0.5, 0.6) is 5.75 Å². The van der Waals surface area contributed by atoms with Crippen molar-refractivity contribution < 1.29 is 14.3 Å². The minimum Gasteiger partial charge on any atom is -0.487 e. The number of ether oxygens (including phenoxy) is 1. The fraction of sp³-hybridized carbons (Fsp3) is 0.259. The van der Waals surface area contributed by atoms with Crippen molar-refractivity contribution in [1.82, 2.24) is 24.6 Å². The molecule has 35 heavy (non-hydrogen) atoms. The maximum absolute atomic E-state index is 13.1. The Kier molecular flexibility index (Phi) is 6.70. The molecule has 178 valence electrons. The van der Waals surface area contributed by atoms with Crippen molar-refractivity contribution in [2.45, 2.75) is 26.0 Å². The summed E-state index contributed by atoms with van der Waals surface area (Å²) >= 11 is 0. The van der Waals surface area contributed by atoms with Crippen molar-refractivity contribution >= 4 is 17.5 Å². The van der Waals surface area contributed by atoms with Crippen LogP contribution in [0.25, 0.3) is 5.65 Å². The van der Waals surface area contributed by atoms with Gasteiger partial charge in [0.05, 0.1) is 5.69 Å². The molecule has 0 bridgehead atoms. The number of aromatic nitrogens is 3.